The van der Waals surface area contributed by atoms with E-state index in [2.05, 4.69) is 47.2 Å². The SMILES string of the molecule is COc1cccc(C=Cc2ccccc2)c1OCCCCN1CCN(C)CC1. The van der Waals surface area contributed by atoms with E-state index in [4.69, 9.17) is 9.47 Å². The van der Waals surface area contributed by atoms with Gasteiger partial charge in [0.1, 0.15) is 0 Å². The van der Waals surface area contributed by atoms with Crippen LogP contribution >= 0.6 is 0 Å². The van der Waals surface area contributed by atoms with Crippen LogP contribution in [0.1, 0.15) is 24.0 Å². The van der Waals surface area contributed by atoms with Gasteiger partial charge in [-0.1, -0.05) is 54.6 Å². The van der Waals surface area contributed by atoms with E-state index in [-0.39, 0.29) is 0 Å². The van der Waals surface area contributed by atoms with Crippen LogP contribution in [-0.2, 0) is 0 Å². The summed E-state index contributed by atoms with van der Waals surface area (Å²) in [6, 6.07) is 16.3. The second-order valence-corrected chi connectivity index (χ2v) is 7.32. The fraction of sp³-hybridized carbons (Fsp3) is 0.417. The Morgan fingerprint density at radius 1 is 0.893 bits per heavy atom. The summed E-state index contributed by atoms with van der Waals surface area (Å²) in [5, 5.41) is 0. The van der Waals surface area contributed by atoms with Crippen molar-refractivity contribution in [3.05, 3.63) is 59.7 Å². The molecule has 2 aromatic carbocycles. The Labute approximate surface area is 169 Å². The van der Waals surface area contributed by atoms with Crippen molar-refractivity contribution in [2.24, 2.45) is 0 Å². The maximum absolute atomic E-state index is 6.15. The predicted molar refractivity (Wildman–Crippen MR) is 117 cm³/mol. The predicted octanol–water partition coefficient (Wildman–Crippen LogP) is 4.27. The van der Waals surface area contributed by atoms with Gasteiger partial charge in [0.25, 0.3) is 0 Å². The van der Waals surface area contributed by atoms with E-state index in [1.165, 1.54) is 31.7 Å². The normalized spacial score (nSPS) is 15.8. The van der Waals surface area contributed by atoms with Crippen LogP contribution in [0.4, 0.5) is 0 Å². The number of rotatable bonds is 9. The Bertz CT molecular complexity index is 738. The van der Waals surface area contributed by atoms with E-state index in [0.717, 1.165) is 36.4 Å². The van der Waals surface area contributed by atoms with Gasteiger partial charge >= 0.3 is 0 Å². The molecule has 1 aliphatic rings. The average Bonchev–Trinajstić information content (AvgIpc) is 2.74. The Morgan fingerprint density at radius 3 is 2.43 bits per heavy atom. The van der Waals surface area contributed by atoms with Crippen molar-refractivity contribution in [1.29, 1.82) is 0 Å². The molecule has 3 rings (SSSR count). The Hall–Kier alpha value is -2.30. The molecule has 0 unspecified atom stereocenters. The summed E-state index contributed by atoms with van der Waals surface area (Å²) >= 11 is 0. The van der Waals surface area contributed by atoms with Crippen molar-refractivity contribution < 1.29 is 9.47 Å². The molecule has 4 heteroatoms. The Balaban J connectivity index is 1.53. The lowest BCUT2D eigenvalue weighted by molar-refractivity contribution is 0.149. The first-order valence-electron chi connectivity index (χ1n) is 10.2. The molecule has 150 valence electrons. The smallest absolute Gasteiger partial charge is 0.168 e. The van der Waals surface area contributed by atoms with Crippen molar-refractivity contribution in [3.8, 4) is 11.5 Å². The van der Waals surface area contributed by atoms with Gasteiger partial charge in [-0.05, 0) is 38.1 Å². The number of likely N-dealkylation sites (N-methyl/N-ethyl adjacent to an activating group) is 1. The van der Waals surface area contributed by atoms with Gasteiger partial charge in [0.2, 0.25) is 0 Å². The van der Waals surface area contributed by atoms with Crippen LogP contribution in [0.5, 0.6) is 11.5 Å². The number of nitrogens with zero attached hydrogens (tertiary/aromatic N) is 2. The van der Waals surface area contributed by atoms with E-state index in [1.54, 1.807) is 7.11 Å². The number of hydrogen-bond donors (Lipinski definition) is 0. The number of ether oxygens (including phenoxy) is 2. The molecule has 1 saturated heterocycles. The van der Waals surface area contributed by atoms with Gasteiger partial charge in [0.05, 0.1) is 13.7 Å². The third-order valence-corrected chi connectivity index (χ3v) is 5.20. The number of piperazine rings is 1. The highest BCUT2D eigenvalue weighted by Crippen LogP contribution is 2.32. The topological polar surface area (TPSA) is 24.9 Å². The molecule has 0 amide bonds. The summed E-state index contributed by atoms with van der Waals surface area (Å²) in [5.41, 5.74) is 2.21. The van der Waals surface area contributed by atoms with Crippen LogP contribution in [0.15, 0.2) is 48.5 Å². The van der Waals surface area contributed by atoms with Crippen LogP contribution in [0, 0.1) is 0 Å². The molecular formula is C24H32N2O2. The van der Waals surface area contributed by atoms with Crippen LogP contribution in [0.2, 0.25) is 0 Å². The third-order valence-electron chi connectivity index (χ3n) is 5.20. The van der Waals surface area contributed by atoms with Crippen LogP contribution < -0.4 is 9.47 Å². The first-order valence-corrected chi connectivity index (χ1v) is 10.2. The number of benzene rings is 2. The van der Waals surface area contributed by atoms with Crippen molar-refractivity contribution in [3.63, 3.8) is 0 Å². The molecule has 28 heavy (non-hydrogen) atoms. The molecule has 2 aromatic rings. The number of methoxy groups -OCH3 is 1. The van der Waals surface area contributed by atoms with E-state index >= 15 is 0 Å². The zero-order valence-electron chi connectivity index (χ0n) is 17.1. The fourth-order valence-corrected chi connectivity index (χ4v) is 3.41. The van der Waals surface area contributed by atoms with Gasteiger partial charge < -0.3 is 19.3 Å². The zero-order valence-corrected chi connectivity index (χ0v) is 17.1. The van der Waals surface area contributed by atoms with Crippen molar-refractivity contribution in [2.75, 3.05) is 53.5 Å². The maximum atomic E-state index is 6.15. The number of para-hydroxylation sites is 1. The quantitative estimate of drug-likeness (QED) is 0.479. The highest BCUT2D eigenvalue weighted by molar-refractivity contribution is 5.74. The van der Waals surface area contributed by atoms with Gasteiger partial charge in [-0.3, -0.25) is 0 Å². The molecule has 0 aromatic heterocycles. The monoisotopic (exact) mass is 380 g/mol. The summed E-state index contributed by atoms with van der Waals surface area (Å²) in [4.78, 5) is 4.95. The minimum Gasteiger partial charge on any atom is -0.493 e. The molecule has 1 heterocycles. The number of hydrogen-bond acceptors (Lipinski definition) is 4. The average molecular weight is 381 g/mol. The molecule has 0 spiro atoms. The second kappa shape index (κ2) is 10.9. The molecule has 0 atom stereocenters. The lowest BCUT2D eigenvalue weighted by Gasteiger charge is -2.32. The van der Waals surface area contributed by atoms with Crippen molar-refractivity contribution in [2.45, 2.75) is 12.8 Å². The number of unbranched alkanes of at least 4 members (excludes halogenated alkanes) is 1. The van der Waals surface area contributed by atoms with E-state index < -0.39 is 0 Å². The lowest BCUT2D eigenvalue weighted by atomic mass is 10.1. The molecule has 0 aliphatic carbocycles. The maximum Gasteiger partial charge on any atom is 0.168 e. The van der Waals surface area contributed by atoms with Crippen LogP contribution in [-0.4, -0.2) is 63.3 Å². The minimum absolute atomic E-state index is 0.709. The van der Waals surface area contributed by atoms with E-state index in [9.17, 15) is 0 Å². The van der Waals surface area contributed by atoms with Gasteiger partial charge in [0, 0.05) is 31.7 Å². The molecule has 0 saturated carbocycles. The molecule has 4 nitrogen and oxygen atoms in total. The third kappa shape index (κ3) is 6.11. The lowest BCUT2D eigenvalue weighted by Crippen LogP contribution is -2.44. The summed E-state index contributed by atoms with van der Waals surface area (Å²) in [5.74, 6) is 1.62. The van der Waals surface area contributed by atoms with Gasteiger partial charge in [-0.2, -0.15) is 0 Å². The van der Waals surface area contributed by atoms with E-state index in [1.807, 2.05) is 30.3 Å². The molecule has 0 radical (unpaired) electrons. The zero-order chi connectivity index (χ0) is 19.6. The summed E-state index contributed by atoms with van der Waals surface area (Å²) in [7, 11) is 3.89. The summed E-state index contributed by atoms with van der Waals surface area (Å²) in [6.45, 7) is 6.57. The Kier molecular flexibility index (Phi) is 7.94. The first-order chi connectivity index (χ1) is 13.8. The molecule has 0 N–H and O–H groups in total. The van der Waals surface area contributed by atoms with Crippen molar-refractivity contribution >= 4 is 12.2 Å². The van der Waals surface area contributed by atoms with Crippen LogP contribution in [0.25, 0.3) is 12.2 Å². The summed E-state index contributed by atoms with van der Waals surface area (Å²) < 4.78 is 11.7. The van der Waals surface area contributed by atoms with Gasteiger partial charge in [0.15, 0.2) is 11.5 Å². The summed E-state index contributed by atoms with van der Waals surface area (Å²) in [6.07, 6.45) is 6.41. The van der Waals surface area contributed by atoms with E-state index in [0.29, 0.717) is 6.61 Å². The van der Waals surface area contributed by atoms with Gasteiger partial charge in [-0.15, -0.1) is 0 Å². The second-order valence-electron chi connectivity index (χ2n) is 7.32. The fourth-order valence-electron chi connectivity index (χ4n) is 3.41. The van der Waals surface area contributed by atoms with Gasteiger partial charge in [-0.25, -0.2) is 0 Å². The molecular weight excluding hydrogens is 348 g/mol. The highest BCUT2D eigenvalue weighted by atomic mass is 16.5. The molecule has 0 bridgehead atoms. The molecule has 1 fully saturated rings. The van der Waals surface area contributed by atoms with Crippen LogP contribution in [0.3, 0.4) is 0 Å². The molecule has 1 aliphatic heterocycles. The highest BCUT2D eigenvalue weighted by Gasteiger charge is 2.13. The minimum atomic E-state index is 0.709. The first kappa shape index (κ1) is 20.4. The van der Waals surface area contributed by atoms with Crippen molar-refractivity contribution in [1.82, 2.24) is 9.80 Å². The largest absolute Gasteiger partial charge is 0.493 e. The Morgan fingerprint density at radius 2 is 1.68 bits per heavy atom. The standard InChI is InChI=1S/C24H32N2O2/c1-25-16-18-26(19-17-25)15-6-7-20-28-24-22(11-8-12-23(24)27-2)14-13-21-9-4-3-5-10-21/h3-5,8-14H,6-7,15-20H2,1-2H3.